The van der Waals surface area contributed by atoms with Gasteiger partial charge in [-0.25, -0.2) is 0 Å². The zero-order valence-corrected chi connectivity index (χ0v) is 10.7. The lowest BCUT2D eigenvalue weighted by Crippen LogP contribution is -2.36. The van der Waals surface area contributed by atoms with Gasteiger partial charge in [0.1, 0.15) is 0 Å². The summed E-state index contributed by atoms with van der Waals surface area (Å²) in [5.74, 6) is 0.680. The molecule has 0 aromatic rings. The third-order valence-corrected chi connectivity index (χ3v) is 2.67. The monoisotopic (exact) mass is 201 g/mol. The first-order valence-corrected chi connectivity index (χ1v) is 5.57. The van der Waals surface area contributed by atoms with E-state index >= 15 is 0 Å². The van der Waals surface area contributed by atoms with Gasteiger partial charge in [0, 0.05) is 19.8 Å². The van der Waals surface area contributed by atoms with Crippen molar-refractivity contribution in [1.29, 1.82) is 0 Å². The predicted molar refractivity (Wildman–Crippen MR) is 62.6 cm³/mol. The van der Waals surface area contributed by atoms with Crippen LogP contribution in [0.3, 0.4) is 0 Å². The Hall–Kier alpha value is -0.0800. The van der Waals surface area contributed by atoms with Crippen molar-refractivity contribution in [3.63, 3.8) is 0 Å². The van der Waals surface area contributed by atoms with Crippen molar-refractivity contribution in [2.24, 2.45) is 11.3 Å². The third-order valence-electron chi connectivity index (χ3n) is 2.67. The van der Waals surface area contributed by atoms with E-state index in [9.17, 15) is 0 Å². The molecule has 0 aromatic heterocycles. The van der Waals surface area contributed by atoms with Gasteiger partial charge in [0.05, 0.1) is 0 Å². The van der Waals surface area contributed by atoms with Crippen molar-refractivity contribution < 1.29 is 4.74 Å². The van der Waals surface area contributed by atoms with Crippen LogP contribution in [0.5, 0.6) is 0 Å². The first-order chi connectivity index (χ1) is 6.40. The van der Waals surface area contributed by atoms with Crippen LogP contribution in [0.15, 0.2) is 0 Å². The fraction of sp³-hybridized carbons (Fsp3) is 1.00. The maximum absolute atomic E-state index is 5.11. The van der Waals surface area contributed by atoms with Gasteiger partial charge < -0.3 is 10.1 Å². The minimum absolute atomic E-state index is 0.398. The molecule has 0 aliphatic rings. The van der Waals surface area contributed by atoms with Crippen molar-refractivity contribution in [3.8, 4) is 0 Å². The number of hydrogen-bond donors (Lipinski definition) is 1. The molecule has 0 radical (unpaired) electrons. The lowest BCUT2D eigenvalue weighted by molar-refractivity contribution is 0.161. The molecule has 14 heavy (non-hydrogen) atoms. The fourth-order valence-electron chi connectivity index (χ4n) is 1.75. The Morgan fingerprint density at radius 2 is 1.86 bits per heavy atom. The molecule has 0 aliphatic heterocycles. The Bertz CT molecular complexity index is 140. The van der Waals surface area contributed by atoms with Crippen LogP contribution in [0.25, 0.3) is 0 Å². The Morgan fingerprint density at radius 3 is 2.21 bits per heavy atom. The molecular formula is C12H27NO. The topological polar surface area (TPSA) is 21.3 Å². The summed E-state index contributed by atoms with van der Waals surface area (Å²) in [6.07, 6.45) is 2.35. The largest absolute Gasteiger partial charge is 0.385 e. The molecule has 0 saturated carbocycles. The summed E-state index contributed by atoms with van der Waals surface area (Å²) in [7, 11) is 3.82. The molecule has 0 aliphatic carbocycles. The van der Waals surface area contributed by atoms with Crippen molar-refractivity contribution in [2.45, 2.75) is 46.6 Å². The maximum atomic E-state index is 5.11. The number of hydrogen-bond acceptors (Lipinski definition) is 2. The first kappa shape index (κ1) is 13.9. The highest BCUT2D eigenvalue weighted by Crippen LogP contribution is 2.25. The van der Waals surface area contributed by atoms with E-state index in [0.717, 1.165) is 13.0 Å². The molecule has 0 saturated heterocycles. The third kappa shape index (κ3) is 6.39. The van der Waals surface area contributed by atoms with Crippen molar-refractivity contribution in [1.82, 2.24) is 5.32 Å². The zero-order chi connectivity index (χ0) is 11.2. The molecule has 1 N–H and O–H groups in total. The van der Waals surface area contributed by atoms with Gasteiger partial charge in [-0.15, -0.1) is 0 Å². The van der Waals surface area contributed by atoms with E-state index in [-0.39, 0.29) is 0 Å². The van der Waals surface area contributed by atoms with Gasteiger partial charge in [-0.2, -0.15) is 0 Å². The van der Waals surface area contributed by atoms with Crippen molar-refractivity contribution in [2.75, 3.05) is 20.8 Å². The fourth-order valence-corrected chi connectivity index (χ4v) is 1.75. The minimum Gasteiger partial charge on any atom is -0.385 e. The molecule has 0 fully saturated rings. The van der Waals surface area contributed by atoms with Crippen LogP contribution in [0.4, 0.5) is 0 Å². The maximum Gasteiger partial charge on any atom is 0.0465 e. The second-order valence-electron chi connectivity index (χ2n) is 5.42. The second-order valence-corrected chi connectivity index (χ2v) is 5.42. The van der Waals surface area contributed by atoms with Crippen LogP contribution in [0.1, 0.15) is 40.5 Å². The number of nitrogens with one attached hydrogen (secondary N) is 1. The summed E-state index contributed by atoms with van der Waals surface area (Å²) in [6.45, 7) is 10.0. The highest BCUT2D eigenvalue weighted by Gasteiger charge is 2.21. The highest BCUT2D eigenvalue weighted by molar-refractivity contribution is 4.77. The van der Waals surface area contributed by atoms with Crippen LogP contribution in [-0.4, -0.2) is 26.8 Å². The molecule has 0 bridgehead atoms. The van der Waals surface area contributed by atoms with Gasteiger partial charge >= 0.3 is 0 Å². The average molecular weight is 201 g/mol. The quantitative estimate of drug-likeness (QED) is 0.713. The van der Waals surface area contributed by atoms with E-state index in [1.165, 1.54) is 6.42 Å². The zero-order valence-electron chi connectivity index (χ0n) is 10.7. The standard InChI is InChI=1S/C12H27NO/c1-10(7-8-14-6)11(13-5)9-12(2,3)4/h10-11,13H,7-9H2,1-6H3. The van der Waals surface area contributed by atoms with Crippen molar-refractivity contribution in [3.05, 3.63) is 0 Å². The van der Waals surface area contributed by atoms with E-state index in [0.29, 0.717) is 17.4 Å². The molecule has 2 atom stereocenters. The van der Waals surface area contributed by atoms with Crippen LogP contribution >= 0.6 is 0 Å². The minimum atomic E-state index is 0.398. The summed E-state index contributed by atoms with van der Waals surface area (Å²) in [6, 6.07) is 0.602. The summed E-state index contributed by atoms with van der Waals surface area (Å²) < 4.78 is 5.11. The molecule has 0 spiro atoms. The number of ether oxygens (including phenoxy) is 1. The number of methoxy groups -OCH3 is 1. The van der Waals surface area contributed by atoms with E-state index in [1.807, 2.05) is 0 Å². The van der Waals surface area contributed by atoms with Gasteiger partial charge in [0.2, 0.25) is 0 Å². The molecule has 2 nitrogen and oxygen atoms in total. The second kappa shape index (κ2) is 6.41. The molecule has 2 heteroatoms. The summed E-state index contributed by atoms with van der Waals surface area (Å²) >= 11 is 0. The summed E-state index contributed by atoms with van der Waals surface area (Å²) in [5.41, 5.74) is 0.398. The lowest BCUT2D eigenvalue weighted by atomic mass is 9.83. The van der Waals surface area contributed by atoms with Crippen LogP contribution in [0.2, 0.25) is 0 Å². The highest BCUT2D eigenvalue weighted by atomic mass is 16.5. The number of rotatable bonds is 6. The Labute approximate surface area is 89.4 Å². The summed E-state index contributed by atoms with van der Waals surface area (Å²) in [5, 5.41) is 3.41. The first-order valence-electron chi connectivity index (χ1n) is 5.57. The molecule has 0 rings (SSSR count). The van der Waals surface area contributed by atoms with Crippen LogP contribution in [-0.2, 0) is 4.74 Å². The van der Waals surface area contributed by atoms with E-state index in [2.05, 4.69) is 40.1 Å². The van der Waals surface area contributed by atoms with Gasteiger partial charge in [-0.05, 0) is 31.2 Å². The van der Waals surface area contributed by atoms with E-state index in [1.54, 1.807) is 7.11 Å². The van der Waals surface area contributed by atoms with E-state index < -0.39 is 0 Å². The van der Waals surface area contributed by atoms with Crippen molar-refractivity contribution >= 4 is 0 Å². The molecule has 86 valence electrons. The molecule has 0 amide bonds. The molecular weight excluding hydrogens is 174 g/mol. The molecule has 0 aromatic carbocycles. The van der Waals surface area contributed by atoms with Gasteiger partial charge in [-0.3, -0.25) is 0 Å². The SMILES string of the molecule is CNC(CC(C)(C)C)C(C)CCOC. The lowest BCUT2D eigenvalue weighted by Gasteiger charge is -2.30. The van der Waals surface area contributed by atoms with E-state index in [4.69, 9.17) is 4.74 Å². The Morgan fingerprint density at radius 1 is 1.29 bits per heavy atom. The average Bonchev–Trinajstić information content (AvgIpc) is 2.08. The predicted octanol–water partition coefficient (Wildman–Crippen LogP) is 2.68. The van der Waals surface area contributed by atoms with Gasteiger partial charge in [-0.1, -0.05) is 27.7 Å². The molecule has 0 heterocycles. The Balaban J connectivity index is 3.99. The van der Waals surface area contributed by atoms with Crippen LogP contribution in [0, 0.1) is 11.3 Å². The molecule has 2 unspecified atom stereocenters. The normalized spacial score (nSPS) is 16.7. The van der Waals surface area contributed by atoms with Crippen LogP contribution < -0.4 is 5.32 Å². The van der Waals surface area contributed by atoms with Gasteiger partial charge in [0.15, 0.2) is 0 Å². The smallest absolute Gasteiger partial charge is 0.0465 e. The summed E-state index contributed by atoms with van der Waals surface area (Å²) in [4.78, 5) is 0. The van der Waals surface area contributed by atoms with Gasteiger partial charge in [0.25, 0.3) is 0 Å². The Kier molecular flexibility index (Phi) is 6.38.